The van der Waals surface area contributed by atoms with E-state index < -0.39 is 0 Å². The largest absolute Gasteiger partial charge is 0.271 e. The smallest absolute Gasteiger partial charge is 0.0266 e. The van der Waals surface area contributed by atoms with Gasteiger partial charge >= 0.3 is 0 Å². The predicted molar refractivity (Wildman–Crippen MR) is 68.7 cm³/mol. The summed E-state index contributed by atoms with van der Waals surface area (Å²) in [4.78, 5) is 0. The highest BCUT2D eigenvalue weighted by Crippen LogP contribution is 2.40. The monoisotopic (exact) mass is 224 g/mol. The van der Waals surface area contributed by atoms with Gasteiger partial charge in [0, 0.05) is 6.04 Å². The van der Waals surface area contributed by atoms with E-state index in [0.717, 1.165) is 23.7 Å². The molecule has 2 aliphatic carbocycles. The highest BCUT2D eigenvalue weighted by atomic mass is 15.2. The van der Waals surface area contributed by atoms with Crippen molar-refractivity contribution in [3.8, 4) is 0 Å². The van der Waals surface area contributed by atoms with Crippen LogP contribution in [0.25, 0.3) is 0 Å². The summed E-state index contributed by atoms with van der Waals surface area (Å²) in [7, 11) is 0. The van der Waals surface area contributed by atoms with Crippen LogP contribution in [-0.4, -0.2) is 6.04 Å². The summed E-state index contributed by atoms with van der Waals surface area (Å²) in [6, 6.07) is 0.613. The third-order valence-corrected chi connectivity index (χ3v) is 5.12. The SMILES string of the molecule is CC(C)C1CCC(C(NN)C2CCC2)CC1. The molecule has 2 heteroatoms. The Balaban J connectivity index is 1.82. The van der Waals surface area contributed by atoms with Gasteiger partial charge in [0.2, 0.25) is 0 Å². The minimum absolute atomic E-state index is 0.613. The van der Waals surface area contributed by atoms with E-state index in [1.807, 2.05) is 0 Å². The standard InChI is InChI=1S/C14H28N2/c1-10(2)11-6-8-13(9-7-11)14(16-15)12-4-3-5-12/h10-14,16H,3-9,15H2,1-2H3. The van der Waals surface area contributed by atoms with Gasteiger partial charge in [-0.3, -0.25) is 11.3 Å². The minimum Gasteiger partial charge on any atom is -0.271 e. The lowest BCUT2D eigenvalue weighted by atomic mass is 9.68. The first-order valence-electron chi connectivity index (χ1n) is 7.18. The van der Waals surface area contributed by atoms with Gasteiger partial charge in [-0.25, -0.2) is 0 Å². The third kappa shape index (κ3) is 2.60. The Morgan fingerprint density at radius 1 is 0.875 bits per heavy atom. The van der Waals surface area contributed by atoms with Crippen molar-refractivity contribution in [1.29, 1.82) is 0 Å². The summed E-state index contributed by atoms with van der Waals surface area (Å²) in [6.07, 6.45) is 9.87. The molecule has 2 rings (SSSR count). The van der Waals surface area contributed by atoms with Crippen molar-refractivity contribution < 1.29 is 0 Å². The lowest BCUT2D eigenvalue weighted by molar-refractivity contribution is 0.121. The van der Waals surface area contributed by atoms with Crippen molar-refractivity contribution in [1.82, 2.24) is 5.43 Å². The zero-order valence-electron chi connectivity index (χ0n) is 10.9. The summed E-state index contributed by atoms with van der Waals surface area (Å²) in [5.74, 6) is 9.33. The lowest BCUT2D eigenvalue weighted by Gasteiger charge is -2.41. The molecular weight excluding hydrogens is 196 g/mol. The summed E-state index contributed by atoms with van der Waals surface area (Å²) < 4.78 is 0. The molecule has 1 unspecified atom stereocenters. The molecular formula is C14H28N2. The van der Waals surface area contributed by atoms with E-state index in [1.54, 1.807) is 0 Å². The maximum atomic E-state index is 5.76. The maximum absolute atomic E-state index is 5.76. The zero-order valence-corrected chi connectivity index (χ0v) is 10.9. The van der Waals surface area contributed by atoms with Crippen LogP contribution in [0.15, 0.2) is 0 Å². The fourth-order valence-electron chi connectivity index (χ4n) is 3.63. The third-order valence-electron chi connectivity index (χ3n) is 5.12. The van der Waals surface area contributed by atoms with Gasteiger partial charge in [0.05, 0.1) is 0 Å². The Bertz CT molecular complexity index is 203. The van der Waals surface area contributed by atoms with E-state index >= 15 is 0 Å². The molecule has 0 amide bonds. The molecule has 0 saturated heterocycles. The van der Waals surface area contributed by atoms with E-state index in [-0.39, 0.29) is 0 Å². The molecule has 0 aromatic carbocycles. The number of rotatable bonds is 4. The van der Waals surface area contributed by atoms with Crippen molar-refractivity contribution >= 4 is 0 Å². The van der Waals surface area contributed by atoms with Crippen molar-refractivity contribution in [2.75, 3.05) is 0 Å². The molecule has 2 aliphatic rings. The molecule has 0 aromatic heterocycles. The van der Waals surface area contributed by atoms with Crippen LogP contribution in [0.3, 0.4) is 0 Å². The van der Waals surface area contributed by atoms with Crippen LogP contribution >= 0.6 is 0 Å². The van der Waals surface area contributed by atoms with E-state index in [2.05, 4.69) is 19.3 Å². The van der Waals surface area contributed by atoms with E-state index in [9.17, 15) is 0 Å². The second-order valence-electron chi connectivity index (χ2n) is 6.30. The van der Waals surface area contributed by atoms with Crippen LogP contribution in [-0.2, 0) is 0 Å². The second kappa shape index (κ2) is 5.50. The van der Waals surface area contributed by atoms with Gasteiger partial charge in [-0.1, -0.05) is 20.3 Å². The van der Waals surface area contributed by atoms with Crippen LogP contribution in [0.5, 0.6) is 0 Å². The van der Waals surface area contributed by atoms with E-state index in [4.69, 9.17) is 5.84 Å². The van der Waals surface area contributed by atoms with Crippen LogP contribution in [0.1, 0.15) is 58.8 Å². The first-order chi connectivity index (χ1) is 7.72. The topological polar surface area (TPSA) is 38.0 Å². The molecule has 2 saturated carbocycles. The van der Waals surface area contributed by atoms with Crippen molar-refractivity contribution in [2.45, 2.75) is 64.8 Å². The van der Waals surface area contributed by atoms with Gasteiger partial charge < -0.3 is 0 Å². The number of hydrogen-bond donors (Lipinski definition) is 2. The zero-order chi connectivity index (χ0) is 11.5. The average Bonchev–Trinajstić information content (AvgIpc) is 2.23. The van der Waals surface area contributed by atoms with Crippen LogP contribution < -0.4 is 11.3 Å². The number of hydrogen-bond acceptors (Lipinski definition) is 2. The number of nitrogens with two attached hydrogens (primary N) is 1. The van der Waals surface area contributed by atoms with Crippen molar-refractivity contribution in [3.05, 3.63) is 0 Å². The van der Waals surface area contributed by atoms with E-state index in [0.29, 0.717) is 6.04 Å². The van der Waals surface area contributed by atoms with Crippen LogP contribution in [0.4, 0.5) is 0 Å². The van der Waals surface area contributed by atoms with Crippen molar-refractivity contribution in [3.63, 3.8) is 0 Å². The van der Waals surface area contributed by atoms with E-state index in [1.165, 1.54) is 44.9 Å². The molecule has 2 nitrogen and oxygen atoms in total. The summed E-state index contributed by atoms with van der Waals surface area (Å²) in [6.45, 7) is 4.74. The van der Waals surface area contributed by atoms with Gasteiger partial charge in [0.25, 0.3) is 0 Å². The molecule has 0 aromatic rings. The number of hydrazine groups is 1. The molecule has 0 heterocycles. The Kier molecular flexibility index (Phi) is 4.26. The molecule has 16 heavy (non-hydrogen) atoms. The molecule has 0 bridgehead atoms. The minimum atomic E-state index is 0.613. The summed E-state index contributed by atoms with van der Waals surface area (Å²) >= 11 is 0. The predicted octanol–water partition coefficient (Wildman–Crippen LogP) is 3.08. The molecule has 1 atom stereocenters. The lowest BCUT2D eigenvalue weighted by Crippen LogP contribution is -2.49. The molecule has 3 N–H and O–H groups in total. The van der Waals surface area contributed by atoms with Gasteiger partial charge in [0.1, 0.15) is 0 Å². The highest BCUT2D eigenvalue weighted by Gasteiger charge is 2.35. The molecule has 2 fully saturated rings. The Hall–Kier alpha value is -0.0800. The Morgan fingerprint density at radius 3 is 1.75 bits per heavy atom. The second-order valence-corrected chi connectivity index (χ2v) is 6.30. The first-order valence-corrected chi connectivity index (χ1v) is 7.18. The fraction of sp³-hybridized carbons (Fsp3) is 1.00. The number of nitrogens with one attached hydrogen (secondary N) is 1. The summed E-state index contributed by atoms with van der Waals surface area (Å²) in [5.41, 5.74) is 3.12. The molecule has 94 valence electrons. The molecule has 0 radical (unpaired) electrons. The van der Waals surface area contributed by atoms with Gasteiger partial charge in [-0.05, 0) is 62.2 Å². The van der Waals surface area contributed by atoms with Gasteiger partial charge in [-0.15, -0.1) is 0 Å². The first kappa shape index (κ1) is 12.4. The van der Waals surface area contributed by atoms with Crippen molar-refractivity contribution in [2.24, 2.45) is 29.5 Å². The molecule has 0 aliphatic heterocycles. The van der Waals surface area contributed by atoms with Gasteiger partial charge in [-0.2, -0.15) is 0 Å². The fourth-order valence-corrected chi connectivity index (χ4v) is 3.63. The van der Waals surface area contributed by atoms with Crippen LogP contribution in [0, 0.1) is 23.7 Å². The average molecular weight is 224 g/mol. The normalized spacial score (nSPS) is 33.8. The maximum Gasteiger partial charge on any atom is 0.0266 e. The summed E-state index contributed by atoms with van der Waals surface area (Å²) in [5, 5.41) is 0. The quantitative estimate of drug-likeness (QED) is 0.569. The Labute approximate surface area is 100 Å². The van der Waals surface area contributed by atoms with Crippen LogP contribution in [0.2, 0.25) is 0 Å². The highest BCUT2D eigenvalue weighted by molar-refractivity contribution is 4.89. The Morgan fingerprint density at radius 2 is 1.38 bits per heavy atom. The van der Waals surface area contributed by atoms with Gasteiger partial charge in [0.15, 0.2) is 0 Å². The molecule has 0 spiro atoms.